The number of nitrogens with two attached hydrogens (primary N) is 8. The van der Waals surface area contributed by atoms with E-state index >= 15 is 0 Å². The molecule has 21 heteroatoms. The zero-order chi connectivity index (χ0) is 33.7. The van der Waals surface area contributed by atoms with E-state index in [1.54, 1.807) is 0 Å². The summed E-state index contributed by atoms with van der Waals surface area (Å²) in [4.78, 5) is 56.4. The SMILES string of the molecule is NC(N)=NCCC[C@H](N)C(=O)O.NC(N)=NCCC[C@H](N)C(=O)O.NCC(=O)O.NCC(=O)O.O=C(O)[C@@H]1CCCN1. The highest BCUT2D eigenvalue weighted by Gasteiger charge is 2.20. The number of guanidine groups is 2. The molecule has 0 amide bonds. The van der Waals surface area contributed by atoms with E-state index in [-0.39, 0.29) is 31.1 Å². The molecule has 42 heavy (non-hydrogen) atoms. The van der Waals surface area contributed by atoms with Gasteiger partial charge < -0.3 is 76.7 Å². The van der Waals surface area contributed by atoms with Gasteiger partial charge in [-0.2, -0.15) is 0 Å². The Hall–Kier alpha value is -4.31. The quantitative estimate of drug-likeness (QED) is 0.0523. The monoisotopic (exact) mass is 613 g/mol. The summed E-state index contributed by atoms with van der Waals surface area (Å²) in [5.74, 6) is -4.63. The van der Waals surface area contributed by atoms with Gasteiger partial charge in [0, 0.05) is 13.1 Å². The Morgan fingerprint density at radius 2 is 1.05 bits per heavy atom. The minimum atomic E-state index is -1.00. The molecule has 22 N–H and O–H groups in total. The first-order chi connectivity index (χ1) is 19.4. The zero-order valence-corrected chi connectivity index (χ0v) is 23.3. The highest BCUT2D eigenvalue weighted by atomic mass is 16.4. The van der Waals surface area contributed by atoms with Gasteiger partial charge in [-0.25, -0.2) is 0 Å². The Morgan fingerprint density at radius 3 is 1.21 bits per heavy atom. The fourth-order valence-electron chi connectivity index (χ4n) is 2.18. The van der Waals surface area contributed by atoms with Crippen LogP contribution in [0.3, 0.4) is 0 Å². The molecule has 1 rings (SSSR count). The highest BCUT2D eigenvalue weighted by Crippen LogP contribution is 2.03. The lowest BCUT2D eigenvalue weighted by atomic mass is 10.2. The van der Waals surface area contributed by atoms with Crippen LogP contribution in [0, 0.1) is 0 Å². The molecular formula is C21H47N11O10. The minimum Gasteiger partial charge on any atom is -0.480 e. The van der Waals surface area contributed by atoms with Crippen molar-refractivity contribution >= 4 is 41.8 Å². The van der Waals surface area contributed by atoms with E-state index in [1.165, 1.54) is 0 Å². The van der Waals surface area contributed by atoms with Crippen molar-refractivity contribution in [2.75, 3.05) is 32.7 Å². The Morgan fingerprint density at radius 1 is 0.714 bits per heavy atom. The summed E-state index contributed by atoms with van der Waals surface area (Å²) in [7, 11) is 0. The van der Waals surface area contributed by atoms with Gasteiger partial charge in [-0.1, -0.05) is 0 Å². The van der Waals surface area contributed by atoms with Crippen molar-refractivity contribution in [3.63, 3.8) is 0 Å². The van der Waals surface area contributed by atoms with Gasteiger partial charge in [-0.05, 0) is 45.1 Å². The van der Waals surface area contributed by atoms with Crippen LogP contribution < -0.4 is 51.2 Å². The molecule has 0 aromatic heterocycles. The lowest BCUT2D eigenvalue weighted by Crippen LogP contribution is -2.30. The average molecular weight is 614 g/mol. The highest BCUT2D eigenvalue weighted by molar-refractivity contribution is 5.76. The summed E-state index contributed by atoms with van der Waals surface area (Å²) in [5, 5.41) is 43.2. The van der Waals surface area contributed by atoms with E-state index in [4.69, 9.17) is 59.9 Å². The molecular weight excluding hydrogens is 566 g/mol. The molecule has 0 unspecified atom stereocenters. The topological polar surface area (TPSA) is 431 Å². The number of carbonyl (C=O) groups is 5. The standard InChI is InChI=1S/2C6H14N4O2.C5H9NO2.2C2H5NO2/c2*7-4(5(11)12)2-1-3-10-6(8)9;7-5(8)4-2-1-3-6-4;2*3-1-2(4)5/h2*4H,1-3,7H2,(H,11,12)(H4,8,9,10);4,6H,1-3H2,(H,7,8);2*1,3H2,(H,4,5)/t3*4-;;/m000../s1. The van der Waals surface area contributed by atoms with Crippen LogP contribution in [0.15, 0.2) is 9.98 Å². The van der Waals surface area contributed by atoms with Gasteiger partial charge in [0.1, 0.15) is 18.1 Å². The minimum absolute atomic E-state index is 0.0129. The number of rotatable bonds is 13. The lowest BCUT2D eigenvalue weighted by Gasteiger charge is -2.03. The van der Waals surface area contributed by atoms with E-state index in [9.17, 15) is 24.0 Å². The lowest BCUT2D eigenvalue weighted by molar-refractivity contribution is -0.139. The third-order valence-corrected chi connectivity index (χ3v) is 4.28. The van der Waals surface area contributed by atoms with E-state index in [0.29, 0.717) is 38.8 Å². The van der Waals surface area contributed by atoms with Gasteiger partial charge >= 0.3 is 29.8 Å². The van der Waals surface area contributed by atoms with Crippen molar-refractivity contribution in [1.29, 1.82) is 0 Å². The van der Waals surface area contributed by atoms with Gasteiger partial charge in [-0.15, -0.1) is 0 Å². The molecule has 1 aliphatic rings. The molecule has 246 valence electrons. The predicted octanol–water partition coefficient (Wildman–Crippen LogP) is -5.21. The largest absolute Gasteiger partial charge is 0.480 e. The smallest absolute Gasteiger partial charge is 0.320 e. The summed E-state index contributed by atoms with van der Waals surface area (Å²) in [6, 6.07) is -1.91. The molecule has 21 nitrogen and oxygen atoms in total. The molecule has 1 fully saturated rings. The van der Waals surface area contributed by atoms with E-state index in [1.807, 2.05) is 0 Å². The number of hydrogen-bond acceptors (Lipinski definition) is 12. The van der Waals surface area contributed by atoms with Crippen molar-refractivity contribution in [3.8, 4) is 0 Å². The number of aliphatic carboxylic acids is 5. The molecule has 0 aliphatic carbocycles. The molecule has 1 saturated heterocycles. The molecule has 3 atom stereocenters. The molecule has 0 radical (unpaired) electrons. The van der Waals surface area contributed by atoms with Gasteiger partial charge in [0.25, 0.3) is 0 Å². The Balaban J connectivity index is -0.000000225. The summed E-state index contributed by atoms with van der Waals surface area (Å²) in [5.41, 5.74) is 39.8. The summed E-state index contributed by atoms with van der Waals surface area (Å²) in [6.45, 7) is 1.14. The summed E-state index contributed by atoms with van der Waals surface area (Å²) < 4.78 is 0. The number of aliphatic imine (C=N–C) groups is 2. The first kappa shape index (κ1) is 44.7. The fraction of sp³-hybridized carbons (Fsp3) is 0.667. The average Bonchev–Trinajstić information content (AvgIpc) is 3.45. The number of carboxylic acids is 5. The molecule has 0 bridgehead atoms. The molecule has 1 aliphatic heterocycles. The van der Waals surface area contributed by atoms with Gasteiger partial charge in [0.15, 0.2) is 11.9 Å². The summed E-state index contributed by atoms with van der Waals surface area (Å²) in [6.07, 6.45) is 3.70. The Kier molecular flexibility index (Phi) is 31.6. The van der Waals surface area contributed by atoms with Crippen LogP contribution in [-0.2, 0) is 24.0 Å². The van der Waals surface area contributed by atoms with Crippen LogP contribution in [0.4, 0.5) is 0 Å². The van der Waals surface area contributed by atoms with Gasteiger partial charge in [-0.3, -0.25) is 34.0 Å². The van der Waals surface area contributed by atoms with Crippen LogP contribution in [0.1, 0.15) is 38.5 Å². The number of carboxylic acid groups (broad SMARTS) is 5. The van der Waals surface area contributed by atoms with Crippen LogP contribution in [0.25, 0.3) is 0 Å². The van der Waals surface area contributed by atoms with Crippen molar-refractivity contribution in [2.45, 2.75) is 56.7 Å². The number of hydrogen-bond donors (Lipinski definition) is 14. The maximum atomic E-state index is 10.2. The summed E-state index contributed by atoms with van der Waals surface area (Å²) >= 11 is 0. The Labute approximate surface area is 242 Å². The van der Waals surface area contributed by atoms with Crippen molar-refractivity contribution in [1.82, 2.24) is 5.32 Å². The third kappa shape index (κ3) is 40.2. The van der Waals surface area contributed by atoms with Crippen LogP contribution >= 0.6 is 0 Å². The maximum absolute atomic E-state index is 10.2. The van der Waals surface area contributed by atoms with E-state index in [0.717, 1.165) is 19.4 Å². The normalized spacial score (nSPS) is 14.0. The Bertz CT molecular complexity index is 776. The van der Waals surface area contributed by atoms with Crippen molar-refractivity contribution < 1.29 is 49.5 Å². The second kappa shape index (κ2) is 29.7. The fourth-order valence-corrected chi connectivity index (χ4v) is 2.18. The predicted molar refractivity (Wildman–Crippen MR) is 153 cm³/mol. The molecule has 0 aromatic carbocycles. The van der Waals surface area contributed by atoms with E-state index in [2.05, 4.69) is 26.8 Å². The van der Waals surface area contributed by atoms with Crippen LogP contribution in [0.5, 0.6) is 0 Å². The molecule has 0 spiro atoms. The van der Waals surface area contributed by atoms with Crippen LogP contribution in [-0.4, -0.2) is 118 Å². The second-order valence-corrected chi connectivity index (χ2v) is 7.97. The second-order valence-electron chi connectivity index (χ2n) is 7.97. The van der Waals surface area contributed by atoms with Crippen LogP contribution in [0.2, 0.25) is 0 Å². The maximum Gasteiger partial charge on any atom is 0.320 e. The number of nitrogens with zero attached hydrogens (tertiary/aromatic N) is 2. The zero-order valence-electron chi connectivity index (χ0n) is 23.3. The van der Waals surface area contributed by atoms with Crippen molar-refractivity contribution in [3.05, 3.63) is 0 Å². The van der Waals surface area contributed by atoms with E-state index < -0.39 is 41.9 Å². The first-order valence-corrected chi connectivity index (χ1v) is 12.3. The van der Waals surface area contributed by atoms with Gasteiger partial charge in [0.05, 0.1) is 13.1 Å². The molecule has 0 saturated carbocycles. The third-order valence-electron chi connectivity index (χ3n) is 4.28. The van der Waals surface area contributed by atoms with Gasteiger partial charge in [0.2, 0.25) is 0 Å². The molecule has 0 aromatic rings. The number of nitrogens with one attached hydrogen (secondary N) is 1. The molecule has 1 heterocycles. The van der Waals surface area contributed by atoms with Crippen molar-refractivity contribution in [2.24, 2.45) is 55.9 Å². The first-order valence-electron chi connectivity index (χ1n) is 12.3.